The van der Waals surface area contributed by atoms with Crippen LogP contribution in [-0.4, -0.2) is 60.6 Å². The minimum Gasteiger partial charge on any atom is -0.490 e. The molecule has 1 rings (SSSR count). The Bertz CT molecular complexity index is 838. The summed E-state index contributed by atoms with van der Waals surface area (Å²) in [6.07, 6.45) is 6.54. The van der Waals surface area contributed by atoms with E-state index in [1.165, 1.54) is 21.1 Å². The number of aliphatic hydroxyl groups excluding tert-OH is 2. The largest absolute Gasteiger partial charge is 0.490 e. The average Bonchev–Trinajstić information content (AvgIpc) is 2.80. The van der Waals surface area contributed by atoms with Crippen molar-refractivity contribution in [3.8, 4) is 0 Å². The van der Waals surface area contributed by atoms with Crippen LogP contribution in [-0.2, 0) is 23.8 Å². The Hall–Kier alpha value is -2.22. The first-order chi connectivity index (χ1) is 16.3. The number of hydrogen-bond acceptors (Lipinski definition) is 7. The first-order valence-electron chi connectivity index (χ1n) is 12.2. The second kappa shape index (κ2) is 14.4. The predicted octanol–water partition coefficient (Wildman–Crippen LogP) is 4.15. The predicted molar refractivity (Wildman–Crippen MR) is 136 cm³/mol. The van der Waals surface area contributed by atoms with Crippen LogP contribution in [0, 0.1) is 23.7 Å². The fourth-order valence-corrected chi connectivity index (χ4v) is 4.38. The fourth-order valence-electron chi connectivity index (χ4n) is 4.38. The summed E-state index contributed by atoms with van der Waals surface area (Å²) >= 11 is 0. The van der Waals surface area contributed by atoms with Crippen molar-refractivity contribution >= 4 is 11.8 Å². The maximum Gasteiger partial charge on any atom is 0.373 e. The van der Waals surface area contributed by atoms with Crippen molar-refractivity contribution < 1.29 is 34.0 Å². The lowest BCUT2D eigenvalue weighted by Crippen LogP contribution is -2.45. The van der Waals surface area contributed by atoms with Crippen molar-refractivity contribution in [2.24, 2.45) is 23.7 Å². The van der Waals surface area contributed by atoms with Gasteiger partial charge in [-0.15, -0.1) is 0 Å². The number of ether oxygens (including phenoxy) is 3. The highest BCUT2D eigenvalue weighted by atomic mass is 16.6. The van der Waals surface area contributed by atoms with Crippen LogP contribution in [0.25, 0.3) is 0 Å². The Balaban J connectivity index is 3.54. The summed E-state index contributed by atoms with van der Waals surface area (Å²) in [5, 5.41) is 21.6. The molecule has 0 saturated heterocycles. The molecule has 0 aliphatic carbocycles. The number of Topliss-reactive ketones (excluding diaryl/α,β-unsaturated/α-hetero) is 1. The van der Waals surface area contributed by atoms with Crippen LogP contribution in [0.1, 0.15) is 54.9 Å². The number of esters is 1. The minimum absolute atomic E-state index is 0.0125. The monoisotopic (exact) mass is 492 g/mol. The van der Waals surface area contributed by atoms with Crippen LogP contribution < -0.4 is 0 Å². The van der Waals surface area contributed by atoms with Crippen LogP contribution in [0.4, 0.5) is 0 Å². The number of aliphatic hydroxyl groups is 2. The molecule has 0 fully saturated rings. The standard InChI is InChI=1S/C28H44O7/c1-16-11-10-12-23(33-8)27(21(6)26(31)20(5)22(7)29)35-28(32)24(34-9)15-17(2)14-19(4)25(30)18(3)13-16/h10-12,14-15,18-21,23,25-27,30-31H,13H2,1-9H3/b12-10-,16-11+,17-14+,24-15+/t18-,19+,20+,21-,23?,25-,26-,27+/m0/s1. The van der Waals surface area contributed by atoms with Gasteiger partial charge in [0.15, 0.2) is 0 Å². The van der Waals surface area contributed by atoms with Crippen LogP contribution in [0.2, 0.25) is 0 Å². The number of cyclic esters (lactones) is 1. The zero-order valence-corrected chi connectivity index (χ0v) is 22.6. The van der Waals surface area contributed by atoms with Crippen LogP contribution in [0.5, 0.6) is 0 Å². The normalized spacial score (nSPS) is 35.1. The Labute approximate surface area is 210 Å². The molecule has 1 unspecified atom stereocenters. The molecule has 1 aliphatic heterocycles. The Morgan fingerprint density at radius 1 is 1.20 bits per heavy atom. The number of methoxy groups -OCH3 is 2. The quantitative estimate of drug-likeness (QED) is 0.537. The second-order valence-corrected chi connectivity index (χ2v) is 9.87. The number of carbonyl (C=O) groups is 2. The van der Waals surface area contributed by atoms with Crippen LogP contribution >= 0.6 is 0 Å². The zero-order chi connectivity index (χ0) is 26.9. The smallest absolute Gasteiger partial charge is 0.373 e. The minimum atomic E-state index is -1.04. The molecular formula is C28H44O7. The molecule has 1 heterocycles. The lowest BCUT2D eigenvalue weighted by molar-refractivity contribution is -0.162. The third-order valence-electron chi connectivity index (χ3n) is 6.80. The van der Waals surface area contributed by atoms with Gasteiger partial charge < -0.3 is 24.4 Å². The number of allylic oxidation sites excluding steroid dienone is 5. The first-order valence-corrected chi connectivity index (χ1v) is 12.2. The van der Waals surface area contributed by atoms with Gasteiger partial charge in [-0.2, -0.15) is 0 Å². The van der Waals surface area contributed by atoms with Crippen molar-refractivity contribution in [1.29, 1.82) is 0 Å². The molecule has 7 nitrogen and oxygen atoms in total. The summed E-state index contributed by atoms with van der Waals surface area (Å²) < 4.78 is 16.8. The molecule has 0 bridgehead atoms. The van der Waals surface area contributed by atoms with Crippen LogP contribution in [0.3, 0.4) is 0 Å². The fraction of sp³-hybridized carbons (Fsp3) is 0.643. The molecule has 0 saturated carbocycles. The summed E-state index contributed by atoms with van der Waals surface area (Å²) in [4.78, 5) is 25.0. The van der Waals surface area contributed by atoms with E-state index in [-0.39, 0.29) is 23.4 Å². The van der Waals surface area contributed by atoms with Gasteiger partial charge in [0.1, 0.15) is 18.0 Å². The Kier molecular flexibility index (Phi) is 12.6. The van der Waals surface area contributed by atoms with E-state index in [1.807, 2.05) is 45.9 Å². The maximum atomic E-state index is 13.1. The molecule has 198 valence electrons. The van der Waals surface area contributed by atoms with Crippen molar-refractivity contribution in [2.45, 2.75) is 79.3 Å². The van der Waals surface area contributed by atoms with E-state index in [0.29, 0.717) is 6.42 Å². The van der Waals surface area contributed by atoms with Crippen LogP contribution in [0.15, 0.2) is 47.3 Å². The number of rotatable bonds is 6. The topological polar surface area (TPSA) is 102 Å². The molecule has 0 radical (unpaired) electrons. The number of hydrogen-bond donors (Lipinski definition) is 2. The summed E-state index contributed by atoms with van der Waals surface area (Å²) in [5.41, 5.74) is 1.82. The summed E-state index contributed by atoms with van der Waals surface area (Å²) in [7, 11) is 2.88. The molecular weight excluding hydrogens is 448 g/mol. The van der Waals surface area contributed by atoms with Gasteiger partial charge in [0.2, 0.25) is 5.76 Å². The second-order valence-electron chi connectivity index (χ2n) is 9.87. The molecule has 7 heteroatoms. The summed E-state index contributed by atoms with van der Waals surface area (Å²) in [6, 6.07) is 0. The molecule has 35 heavy (non-hydrogen) atoms. The van der Waals surface area contributed by atoms with E-state index in [9.17, 15) is 19.8 Å². The van der Waals surface area contributed by atoms with Gasteiger partial charge in [-0.1, -0.05) is 63.1 Å². The highest BCUT2D eigenvalue weighted by Crippen LogP contribution is 2.26. The third-order valence-corrected chi connectivity index (χ3v) is 6.80. The maximum absolute atomic E-state index is 13.1. The van der Waals surface area contributed by atoms with Gasteiger partial charge in [-0.3, -0.25) is 4.79 Å². The highest BCUT2D eigenvalue weighted by Gasteiger charge is 2.37. The zero-order valence-electron chi connectivity index (χ0n) is 22.6. The van der Waals surface area contributed by atoms with E-state index in [1.54, 1.807) is 26.0 Å². The van der Waals surface area contributed by atoms with Crippen molar-refractivity contribution in [2.75, 3.05) is 14.2 Å². The molecule has 2 N–H and O–H groups in total. The van der Waals surface area contributed by atoms with E-state index < -0.39 is 42.2 Å². The molecule has 1 aliphatic rings. The summed E-state index contributed by atoms with van der Waals surface area (Å²) in [6.45, 7) is 12.6. The van der Waals surface area contributed by atoms with E-state index in [4.69, 9.17) is 14.2 Å². The van der Waals surface area contributed by atoms with Gasteiger partial charge in [-0.05, 0) is 39.2 Å². The van der Waals surface area contributed by atoms with Crippen molar-refractivity contribution in [3.63, 3.8) is 0 Å². The third kappa shape index (κ3) is 9.06. The molecule has 0 amide bonds. The molecule has 8 atom stereocenters. The van der Waals surface area contributed by atoms with Crippen molar-refractivity contribution in [1.82, 2.24) is 0 Å². The molecule has 0 aromatic rings. The van der Waals surface area contributed by atoms with Gasteiger partial charge in [0, 0.05) is 24.9 Å². The van der Waals surface area contributed by atoms with E-state index in [2.05, 4.69) is 0 Å². The Morgan fingerprint density at radius 3 is 2.37 bits per heavy atom. The van der Waals surface area contributed by atoms with Gasteiger partial charge in [0.25, 0.3) is 0 Å². The van der Waals surface area contributed by atoms with Gasteiger partial charge in [-0.25, -0.2) is 4.79 Å². The van der Waals surface area contributed by atoms with Crippen molar-refractivity contribution in [3.05, 3.63) is 47.3 Å². The lowest BCUT2D eigenvalue weighted by atomic mass is 9.85. The average molecular weight is 493 g/mol. The first kappa shape index (κ1) is 30.8. The SMILES string of the molecule is CO/C1=C/C(C)=C/[C@@H](C)[C@@H](O)[C@@H](C)C/C(C)=C/C=C\C(OC)[C@@H]([C@@H](C)[C@@H](O)[C@H](C)C(C)=O)OC1=O. The lowest BCUT2D eigenvalue weighted by Gasteiger charge is -2.33. The summed E-state index contributed by atoms with van der Waals surface area (Å²) in [5.74, 6) is -2.24. The highest BCUT2D eigenvalue weighted by molar-refractivity contribution is 5.87. The molecule has 0 spiro atoms. The number of ketones is 1. The molecule has 0 aromatic carbocycles. The van der Waals surface area contributed by atoms with E-state index in [0.717, 1.165) is 11.1 Å². The van der Waals surface area contributed by atoms with E-state index >= 15 is 0 Å². The van der Waals surface area contributed by atoms with Gasteiger partial charge >= 0.3 is 5.97 Å². The number of carbonyl (C=O) groups excluding carboxylic acids is 2. The molecule has 0 aromatic heterocycles. The Morgan fingerprint density at radius 2 is 1.83 bits per heavy atom. The van der Waals surface area contributed by atoms with Gasteiger partial charge in [0.05, 0.1) is 19.3 Å².